The Morgan fingerprint density at radius 2 is 2.05 bits per heavy atom. The van der Waals surface area contributed by atoms with Gasteiger partial charge in [0.15, 0.2) is 0 Å². The second-order valence-corrected chi connectivity index (χ2v) is 12.3. The van der Waals surface area contributed by atoms with Gasteiger partial charge in [-0.1, -0.05) is 42.5 Å². The van der Waals surface area contributed by atoms with Gasteiger partial charge in [-0.25, -0.2) is 9.78 Å². The third kappa shape index (κ3) is 7.21. The number of piperidine rings is 1. The summed E-state index contributed by atoms with van der Waals surface area (Å²) in [4.78, 5) is 37.2. The fourth-order valence-electron chi connectivity index (χ4n) is 6.28. The van der Waals surface area contributed by atoms with Crippen molar-refractivity contribution in [2.45, 2.75) is 70.4 Å². The summed E-state index contributed by atoms with van der Waals surface area (Å²) in [6.45, 7) is 11.5. The molecular formula is C35H45N5O4. The number of amides is 2. The molecule has 1 saturated carbocycles. The number of rotatable bonds is 10. The monoisotopic (exact) mass is 599 g/mol. The van der Waals surface area contributed by atoms with E-state index in [4.69, 9.17) is 14.5 Å². The van der Waals surface area contributed by atoms with Gasteiger partial charge in [-0.15, -0.1) is 0 Å². The minimum Gasteiger partial charge on any atom is -0.443 e. The number of allylic oxidation sites excluding steroid dienone is 3. The highest BCUT2D eigenvalue weighted by Gasteiger charge is 2.43. The number of ether oxygens (including phenoxy) is 2. The van der Waals surface area contributed by atoms with Crippen molar-refractivity contribution in [3.8, 4) is 0 Å². The second-order valence-electron chi connectivity index (χ2n) is 12.3. The molecule has 9 heteroatoms. The van der Waals surface area contributed by atoms with Crippen LogP contribution in [0, 0.1) is 12.8 Å². The highest BCUT2D eigenvalue weighted by atomic mass is 16.6. The van der Waals surface area contributed by atoms with Gasteiger partial charge in [-0.2, -0.15) is 0 Å². The van der Waals surface area contributed by atoms with Crippen LogP contribution in [0.5, 0.6) is 0 Å². The molecule has 2 aliphatic carbocycles. The molecule has 234 valence electrons. The lowest BCUT2D eigenvalue weighted by atomic mass is 9.75. The SMILES string of the molecule is C=C/C=C\N=C1CC=C(C(NC(=O)COCC)c2cncn2C)c2cc(C)ccc2C1C1CCN(C(=O)OC2(C)CC2)CC1. The fourth-order valence-corrected chi connectivity index (χ4v) is 6.28. The van der Waals surface area contributed by atoms with Crippen molar-refractivity contribution in [1.82, 2.24) is 19.8 Å². The molecule has 0 radical (unpaired) electrons. The number of hydrogen-bond acceptors (Lipinski definition) is 6. The van der Waals surface area contributed by atoms with Gasteiger partial charge in [0.05, 0.1) is 24.3 Å². The normalized spacial score (nSPS) is 21.4. The van der Waals surface area contributed by atoms with Gasteiger partial charge in [0.2, 0.25) is 5.91 Å². The summed E-state index contributed by atoms with van der Waals surface area (Å²) >= 11 is 0. The van der Waals surface area contributed by atoms with Crippen molar-refractivity contribution in [2.24, 2.45) is 18.0 Å². The van der Waals surface area contributed by atoms with Crippen LogP contribution < -0.4 is 5.32 Å². The Morgan fingerprint density at radius 1 is 1.27 bits per heavy atom. The first-order chi connectivity index (χ1) is 21.2. The Bertz CT molecular complexity index is 1460. The number of fused-ring (bicyclic) bond motifs is 1. The van der Waals surface area contributed by atoms with Gasteiger partial charge in [-0.05, 0) is 75.1 Å². The zero-order chi connectivity index (χ0) is 31.3. The molecule has 2 fully saturated rings. The summed E-state index contributed by atoms with van der Waals surface area (Å²) in [6, 6.07) is 6.16. The van der Waals surface area contributed by atoms with Crippen LogP contribution in [-0.4, -0.2) is 64.1 Å². The molecule has 5 rings (SSSR count). The number of nitrogens with one attached hydrogen (secondary N) is 1. The molecule has 9 nitrogen and oxygen atoms in total. The molecule has 1 N–H and O–H groups in total. The number of hydrogen-bond donors (Lipinski definition) is 1. The molecule has 1 aromatic carbocycles. The number of aryl methyl sites for hydroxylation is 2. The lowest BCUT2D eigenvalue weighted by Crippen LogP contribution is -2.42. The molecule has 3 aliphatic rings. The number of likely N-dealkylation sites (tertiary alicyclic amines) is 1. The van der Waals surface area contributed by atoms with E-state index in [1.807, 2.05) is 48.8 Å². The maximum absolute atomic E-state index is 13.1. The topological polar surface area (TPSA) is 98.0 Å². The molecule has 44 heavy (non-hydrogen) atoms. The lowest BCUT2D eigenvalue weighted by Gasteiger charge is -2.37. The minimum absolute atomic E-state index is 0.0132. The number of aromatic nitrogens is 2. The molecule has 1 aromatic heterocycles. The number of carbonyl (C=O) groups excluding carboxylic acids is 2. The number of aliphatic imine (C=N–C) groups is 1. The smallest absolute Gasteiger partial charge is 0.410 e. The number of benzene rings is 1. The van der Waals surface area contributed by atoms with Crippen LogP contribution >= 0.6 is 0 Å². The molecule has 0 bridgehead atoms. The maximum Gasteiger partial charge on any atom is 0.410 e. The predicted octanol–water partition coefficient (Wildman–Crippen LogP) is 6.04. The standard InChI is InChI=1S/C35H45N5O4/c1-6-8-17-37-29-12-11-27(33(30-21-36-23-39(30)5)38-31(41)22-43-7-2)28-20-24(3)9-10-26(28)32(29)25-13-18-40(19-14-25)34(42)44-35(4)15-16-35/h6,8-11,17,20-21,23,25,32-33H,1,7,12-16,18-19,22H2,2-5H3,(H,38,41)/b17-8-,37-29?. The van der Waals surface area contributed by atoms with E-state index in [2.05, 4.69) is 48.1 Å². The minimum atomic E-state index is -0.430. The Kier molecular flexibility index (Phi) is 9.84. The molecule has 1 aliphatic heterocycles. The van der Waals surface area contributed by atoms with Crippen LogP contribution in [0.15, 0.2) is 66.7 Å². The zero-order valence-corrected chi connectivity index (χ0v) is 26.4. The summed E-state index contributed by atoms with van der Waals surface area (Å²) in [6.07, 6.45) is 15.1. The zero-order valence-electron chi connectivity index (χ0n) is 26.4. The van der Waals surface area contributed by atoms with E-state index >= 15 is 0 Å². The third-order valence-corrected chi connectivity index (χ3v) is 8.97. The molecule has 2 amide bonds. The van der Waals surface area contributed by atoms with Gasteiger partial charge in [0, 0.05) is 51.0 Å². The molecular weight excluding hydrogens is 554 g/mol. The average Bonchev–Trinajstić information content (AvgIpc) is 3.62. The maximum atomic E-state index is 13.1. The molecule has 0 spiro atoms. The first-order valence-corrected chi connectivity index (χ1v) is 15.7. The summed E-state index contributed by atoms with van der Waals surface area (Å²) in [5.74, 6) is 0.138. The van der Waals surface area contributed by atoms with Crippen LogP contribution in [0.3, 0.4) is 0 Å². The predicted molar refractivity (Wildman–Crippen MR) is 172 cm³/mol. The van der Waals surface area contributed by atoms with E-state index < -0.39 is 6.04 Å². The van der Waals surface area contributed by atoms with Crippen LogP contribution in [0.1, 0.15) is 80.3 Å². The Morgan fingerprint density at radius 3 is 2.70 bits per heavy atom. The van der Waals surface area contributed by atoms with Gasteiger partial charge < -0.3 is 24.3 Å². The second kappa shape index (κ2) is 13.8. The summed E-state index contributed by atoms with van der Waals surface area (Å²) < 4.78 is 13.2. The number of imidazole rings is 1. The van der Waals surface area contributed by atoms with Gasteiger partial charge in [0.25, 0.3) is 0 Å². The number of nitrogens with zero attached hydrogens (tertiary/aromatic N) is 4. The molecule has 2 unspecified atom stereocenters. The fraction of sp³-hybridized carbons (Fsp3) is 0.486. The van der Waals surface area contributed by atoms with E-state index in [1.54, 1.807) is 12.4 Å². The summed E-state index contributed by atoms with van der Waals surface area (Å²) in [5.41, 5.74) is 6.08. The molecule has 2 heterocycles. The van der Waals surface area contributed by atoms with Crippen molar-refractivity contribution in [2.75, 3.05) is 26.3 Å². The Labute approximate surface area is 260 Å². The van der Waals surface area contributed by atoms with E-state index in [1.165, 1.54) is 5.56 Å². The summed E-state index contributed by atoms with van der Waals surface area (Å²) in [7, 11) is 1.94. The van der Waals surface area contributed by atoms with Gasteiger partial charge >= 0.3 is 6.09 Å². The van der Waals surface area contributed by atoms with Crippen LogP contribution in [0.25, 0.3) is 5.57 Å². The average molecular weight is 600 g/mol. The van der Waals surface area contributed by atoms with Crippen LogP contribution in [0.2, 0.25) is 0 Å². The van der Waals surface area contributed by atoms with Gasteiger partial charge in [-0.3, -0.25) is 9.79 Å². The number of carbonyl (C=O) groups is 2. The van der Waals surface area contributed by atoms with E-state index in [0.717, 1.165) is 53.8 Å². The first kappa shape index (κ1) is 31.4. The van der Waals surface area contributed by atoms with Gasteiger partial charge in [0.1, 0.15) is 12.2 Å². The summed E-state index contributed by atoms with van der Waals surface area (Å²) in [5, 5.41) is 3.24. The van der Waals surface area contributed by atoms with Crippen molar-refractivity contribution in [3.63, 3.8) is 0 Å². The first-order valence-electron chi connectivity index (χ1n) is 15.7. The van der Waals surface area contributed by atoms with E-state index in [-0.39, 0.29) is 36.0 Å². The van der Waals surface area contributed by atoms with Crippen molar-refractivity contribution in [3.05, 3.63) is 84.1 Å². The lowest BCUT2D eigenvalue weighted by molar-refractivity contribution is -0.126. The van der Waals surface area contributed by atoms with Crippen LogP contribution in [0.4, 0.5) is 4.79 Å². The third-order valence-electron chi connectivity index (χ3n) is 8.97. The van der Waals surface area contributed by atoms with Crippen molar-refractivity contribution < 1.29 is 19.1 Å². The van der Waals surface area contributed by atoms with Crippen molar-refractivity contribution >= 4 is 23.3 Å². The molecule has 2 atom stereocenters. The Hall–Kier alpha value is -3.98. The quantitative estimate of drug-likeness (QED) is 0.336. The molecule has 1 saturated heterocycles. The largest absolute Gasteiger partial charge is 0.443 e. The van der Waals surface area contributed by atoms with Crippen molar-refractivity contribution in [1.29, 1.82) is 0 Å². The highest BCUT2D eigenvalue weighted by molar-refractivity contribution is 5.98. The molecule has 2 aromatic rings. The van der Waals surface area contributed by atoms with E-state index in [9.17, 15) is 9.59 Å². The van der Waals surface area contributed by atoms with Crippen LogP contribution in [-0.2, 0) is 21.3 Å². The Balaban J connectivity index is 1.52. The van der Waals surface area contributed by atoms with E-state index in [0.29, 0.717) is 26.1 Å². The highest BCUT2D eigenvalue weighted by Crippen LogP contribution is 2.45.